The summed E-state index contributed by atoms with van der Waals surface area (Å²) in [6.07, 6.45) is 3.94. The maximum atomic E-state index is 5.82. The van der Waals surface area contributed by atoms with E-state index in [0.29, 0.717) is 18.6 Å². The highest BCUT2D eigenvalue weighted by Gasteiger charge is 2.27. The van der Waals surface area contributed by atoms with Gasteiger partial charge in [0.25, 0.3) is 0 Å². The first-order valence-corrected chi connectivity index (χ1v) is 8.13. The van der Waals surface area contributed by atoms with E-state index in [1.54, 1.807) is 0 Å². The molecule has 1 aromatic carbocycles. The fourth-order valence-corrected chi connectivity index (χ4v) is 3.62. The maximum Gasteiger partial charge on any atom is 0.127 e. The van der Waals surface area contributed by atoms with Crippen molar-refractivity contribution in [1.29, 1.82) is 0 Å². The highest BCUT2D eigenvalue weighted by atomic mass is 15.2. The van der Waals surface area contributed by atoms with Gasteiger partial charge in [-0.1, -0.05) is 18.6 Å². The van der Waals surface area contributed by atoms with Gasteiger partial charge in [-0.2, -0.15) is 0 Å². The molecule has 0 spiro atoms. The van der Waals surface area contributed by atoms with E-state index < -0.39 is 0 Å². The molecule has 4 heteroatoms. The Morgan fingerprint density at radius 1 is 1.33 bits per heavy atom. The Labute approximate surface area is 126 Å². The number of likely N-dealkylation sites (tertiary alicyclic amines) is 1. The molecule has 1 saturated heterocycles. The molecule has 0 saturated carbocycles. The molecule has 1 fully saturated rings. The van der Waals surface area contributed by atoms with Gasteiger partial charge in [-0.15, -0.1) is 0 Å². The van der Waals surface area contributed by atoms with E-state index in [2.05, 4.69) is 47.6 Å². The molecule has 0 aliphatic carbocycles. The van der Waals surface area contributed by atoms with Crippen molar-refractivity contribution in [2.45, 2.75) is 51.7 Å². The minimum atomic E-state index is 0.347. The summed E-state index contributed by atoms with van der Waals surface area (Å²) in [4.78, 5) is 7.50. The molecule has 0 amide bonds. The first-order chi connectivity index (χ1) is 10.2. The van der Waals surface area contributed by atoms with Crippen LogP contribution in [0.2, 0.25) is 0 Å². The Kier molecular flexibility index (Phi) is 4.27. The van der Waals surface area contributed by atoms with Crippen LogP contribution in [-0.2, 0) is 6.54 Å². The van der Waals surface area contributed by atoms with Crippen LogP contribution in [0.15, 0.2) is 24.3 Å². The van der Waals surface area contributed by atoms with Gasteiger partial charge in [0.15, 0.2) is 0 Å². The normalized spacial score (nSPS) is 21.8. The summed E-state index contributed by atoms with van der Waals surface area (Å²) in [6.45, 7) is 7.29. The monoisotopic (exact) mass is 286 g/mol. The Morgan fingerprint density at radius 3 is 2.90 bits per heavy atom. The highest BCUT2D eigenvalue weighted by Crippen LogP contribution is 2.29. The minimum absolute atomic E-state index is 0.347. The third-order valence-corrected chi connectivity index (χ3v) is 4.76. The molecule has 0 radical (unpaired) electrons. The van der Waals surface area contributed by atoms with Crippen molar-refractivity contribution < 1.29 is 0 Å². The zero-order valence-corrected chi connectivity index (χ0v) is 13.1. The molecule has 2 heterocycles. The van der Waals surface area contributed by atoms with E-state index in [0.717, 1.165) is 17.9 Å². The number of benzene rings is 1. The van der Waals surface area contributed by atoms with Crippen LogP contribution in [0.4, 0.5) is 0 Å². The second kappa shape index (κ2) is 6.16. The van der Waals surface area contributed by atoms with Gasteiger partial charge in [-0.05, 0) is 45.4 Å². The summed E-state index contributed by atoms with van der Waals surface area (Å²) in [5.74, 6) is 1.16. The lowest BCUT2D eigenvalue weighted by atomic mass is 10.0. The molecule has 1 aromatic heterocycles. The fourth-order valence-electron chi connectivity index (χ4n) is 3.62. The van der Waals surface area contributed by atoms with E-state index >= 15 is 0 Å². The molecule has 1 aliphatic heterocycles. The third kappa shape index (κ3) is 2.70. The van der Waals surface area contributed by atoms with Crippen LogP contribution < -0.4 is 5.73 Å². The average molecular weight is 286 g/mol. The molecular formula is C17H26N4. The topological polar surface area (TPSA) is 47.1 Å². The lowest BCUT2D eigenvalue weighted by Gasteiger charge is -2.37. The smallest absolute Gasteiger partial charge is 0.127 e. The molecule has 0 bridgehead atoms. The minimum Gasteiger partial charge on any atom is -0.329 e. The predicted molar refractivity (Wildman–Crippen MR) is 87.2 cm³/mol. The lowest BCUT2D eigenvalue weighted by Crippen LogP contribution is -2.40. The maximum absolute atomic E-state index is 5.82. The van der Waals surface area contributed by atoms with Crippen LogP contribution in [0.5, 0.6) is 0 Å². The molecule has 2 unspecified atom stereocenters. The number of piperidine rings is 1. The predicted octanol–water partition coefficient (Wildman–Crippen LogP) is 2.93. The second-order valence-corrected chi connectivity index (χ2v) is 6.16. The Morgan fingerprint density at radius 2 is 2.14 bits per heavy atom. The van der Waals surface area contributed by atoms with Crippen molar-refractivity contribution in [2.24, 2.45) is 5.73 Å². The molecular weight excluding hydrogens is 260 g/mol. The van der Waals surface area contributed by atoms with Gasteiger partial charge in [0.05, 0.1) is 17.1 Å². The Balaban J connectivity index is 1.99. The van der Waals surface area contributed by atoms with Gasteiger partial charge in [0.1, 0.15) is 5.82 Å². The molecule has 114 valence electrons. The van der Waals surface area contributed by atoms with Crippen molar-refractivity contribution in [3.05, 3.63) is 30.1 Å². The zero-order chi connectivity index (χ0) is 14.8. The molecule has 21 heavy (non-hydrogen) atoms. The van der Waals surface area contributed by atoms with Crippen molar-refractivity contribution in [1.82, 2.24) is 14.5 Å². The molecule has 1 aliphatic rings. The second-order valence-electron chi connectivity index (χ2n) is 6.16. The van der Waals surface area contributed by atoms with E-state index in [1.807, 2.05) is 0 Å². The molecule has 2 N–H and O–H groups in total. The van der Waals surface area contributed by atoms with Crippen LogP contribution in [0.3, 0.4) is 0 Å². The molecule has 2 atom stereocenters. The van der Waals surface area contributed by atoms with Crippen molar-refractivity contribution >= 4 is 11.0 Å². The van der Waals surface area contributed by atoms with Crippen LogP contribution >= 0.6 is 0 Å². The first kappa shape index (κ1) is 14.5. The van der Waals surface area contributed by atoms with Crippen molar-refractivity contribution in [3.63, 3.8) is 0 Å². The van der Waals surface area contributed by atoms with Gasteiger partial charge in [0, 0.05) is 19.1 Å². The summed E-state index contributed by atoms with van der Waals surface area (Å²) in [5, 5.41) is 0. The van der Waals surface area contributed by atoms with Gasteiger partial charge in [0.2, 0.25) is 0 Å². The Bertz CT molecular complexity index is 604. The quantitative estimate of drug-likeness (QED) is 0.940. The number of nitrogens with zero attached hydrogens (tertiary/aromatic N) is 3. The average Bonchev–Trinajstić information content (AvgIpc) is 2.87. The summed E-state index contributed by atoms with van der Waals surface area (Å²) < 4.78 is 2.31. The summed E-state index contributed by atoms with van der Waals surface area (Å²) in [5.41, 5.74) is 8.11. The first-order valence-electron chi connectivity index (χ1n) is 8.13. The van der Waals surface area contributed by atoms with Crippen LogP contribution in [0.1, 0.15) is 45.0 Å². The van der Waals surface area contributed by atoms with Crippen LogP contribution in [0.25, 0.3) is 11.0 Å². The SMILES string of the molecule is CC1CCCCN1C(C)c1nc2ccccc2n1CCN. The zero-order valence-electron chi connectivity index (χ0n) is 13.1. The van der Waals surface area contributed by atoms with E-state index in [9.17, 15) is 0 Å². The number of rotatable bonds is 4. The molecule has 4 nitrogen and oxygen atoms in total. The van der Waals surface area contributed by atoms with Crippen LogP contribution in [-0.4, -0.2) is 33.6 Å². The number of hydrogen-bond acceptors (Lipinski definition) is 3. The van der Waals surface area contributed by atoms with E-state index in [4.69, 9.17) is 10.7 Å². The van der Waals surface area contributed by atoms with Gasteiger partial charge in [-0.3, -0.25) is 4.90 Å². The molecule has 3 rings (SSSR count). The van der Waals surface area contributed by atoms with E-state index in [1.165, 1.54) is 31.3 Å². The number of imidazole rings is 1. The van der Waals surface area contributed by atoms with Gasteiger partial charge >= 0.3 is 0 Å². The highest BCUT2D eigenvalue weighted by molar-refractivity contribution is 5.76. The van der Waals surface area contributed by atoms with Crippen molar-refractivity contribution in [2.75, 3.05) is 13.1 Å². The molecule has 2 aromatic rings. The summed E-state index contributed by atoms with van der Waals surface area (Å²) in [6, 6.07) is 9.36. The number of aromatic nitrogens is 2. The van der Waals surface area contributed by atoms with E-state index in [-0.39, 0.29) is 0 Å². The van der Waals surface area contributed by atoms with Crippen molar-refractivity contribution in [3.8, 4) is 0 Å². The third-order valence-electron chi connectivity index (χ3n) is 4.76. The van der Waals surface area contributed by atoms with Crippen LogP contribution in [0, 0.1) is 0 Å². The number of fused-ring (bicyclic) bond motifs is 1. The van der Waals surface area contributed by atoms with Gasteiger partial charge < -0.3 is 10.3 Å². The Hall–Kier alpha value is -1.39. The summed E-state index contributed by atoms with van der Waals surface area (Å²) in [7, 11) is 0. The number of hydrogen-bond donors (Lipinski definition) is 1. The van der Waals surface area contributed by atoms with Gasteiger partial charge in [-0.25, -0.2) is 4.98 Å². The number of nitrogens with two attached hydrogens (primary N) is 1. The number of para-hydroxylation sites is 2. The standard InChI is InChI=1S/C17H26N4/c1-13-7-5-6-11-20(13)14(2)17-19-15-8-3-4-9-16(15)21(17)12-10-18/h3-4,8-9,13-14H,5-7,10-12,18H2,1-2H3. The largest absolute Gasteiger partial charge is 0.329 e. The fraction of sp³-hybridized carbons (Fsp3) is 0.588. The lowest BCUT2D eigenvalue weighted by molar-refractivity contribution is 0.108. The summed E-state index contributed by atoms with van der Waals surface area (Å²) >= 11 is 0.